The Kier molecular flexibility index (Phi) is 4.80. The molecule has 0 N–H and O–H groups in total. The summed E-state index contributed by atoms with van der Waals surface area (Å²) in [5, 5.41) is 10.7. The fraction of sp³-hybridized carbons (Fsp3) is 0.333. The third-order valence-corrected chi connectivity index (χ3v) is 2.41. The Morgan fingerprint density at radius 3 is 1.80 bits per heavy atom. The van der Waals surface area contributed by atoms with E-state index in [1.165, 1.54) is 0 Å². The van der Waals surface area contributed by atoms with Crippen molar-refractivity contribution in [3.8, 4) is 0 Å². The van der Waals surface area contributed by atoms with Gasteiger partial charge in [-0.2, -0.15) is 0 Å². The Hall–Kier alpha value is -1.99. The Morgan fingerprint density at radius 1 is 1.05 bits per heavy atom. The van der Waals surface area contributed by atoms with Crippen molar-refractivity contribution in [2.45, 2.75) is 20.3 Å². The molecule has 0 aliphatic carbocycles. The van der Waals surface area contributed by atoms with Gasteiger partial charge >= 0.3 is 0 Å². The lowest BCUT2D eigenvalue weighted by Gasteiger charge is -2.06. The minimum absolute atomic E-state index is 0.174. The summed E-state index contributed by atoms with van der Waals surface area (Å²) in [6.07, 6.45) is 0.197. The summed E-state index contributed by atoms with van der Waals surface area (Å²) in [5.41, 5.74) is -1.95. The molecule has 0 spiro atoms. The van der Waals surface area contributed by atoms with E-state index in [0.717, 1.165) is 0 Å². The summed E-state index contributed by atoms with van der Waals surface area (Å²) >= 11 is 0. The number of halogens is 5. The SMILES string of the molecule is CC(C)CC(=Cc1c(F)c(F)c(F)c(F)c1F)[N+](=O)[O-]. The smallest absolute Gasteiger partial charge is 0.247 e. The van der Waals surface area contributed by atoms with Crippen LogP contribution in [0, 0.1) is 45.1 Å². The van der Waals surface area contributed by atoms with Crippen LogP contribution in [-0.2, 0) is 0 Å². The van der Waals surface area contributed by atoms with Crippen LogP contribution >= 0.6 is 0 Å². The summed E-state index contributed by atoms with van der Waals surface area (Å²) in [6.45, 7) is 3.21. The van der Waals surface area contributed by atoms with Crippen LogP contribution in [0.25, 0.3) is 6.08 Å². The van der Waals surface area contributed by atoms with E-state index in [1.54, 1.807) is 13.8 Å². The molecule has 0 aliphatic rings. The van der Waals surface area contributed by atoms with Crippen molar-refractivity contribution in [1.29, 1.82) is 0 Å². The van der Waals surface area contributed by atoms with E-state index in [-0.39, 0.29) is 12.3 Å². The molecule has 1 aromatic carbocycles. The number of hydrogen-bond donors (Lipinski definition) is 0. The molecule has 0 radical (unpaired) electrons. The van der Waals surface area contributed by atoms with Gasteiger partial charge in [0.05, 0.1) is 10.5 Å². The number of rotatable bonds is 4. The summed E-state index contributed by atoms with van der Waals surface area (Å²) in [4.78, 5) is 9.81. The Balaban J connectivity index is 3.50. The first kappa shape index (κ1) is 16.1. The monoisotopic (exact) mass is 295 g/mol. The summed E-state index contributed by atoms with van der Waals surface area (Å²) in [7, 11) is 0. The van der Waals surface area contributed by atoms with Crippen molar-refractivity contribution in [3.63, 3.8) is 0 Å². The van der Waals surface area contributed by atoms with Crippen molar-refractivity contribution in [1.82, 2.24) is 0 Å². The maximum atomic E-state index is 13.4. The largest absolute Gasteiger partial charge is 0.259 e. The summed E-state index contributed by atoms with van der Waals surface area (Å²) in [5.74, 6) is -11.0. The van der Waals surface area contributed by atoms with Crippen molar-refractivity contribution in [2.24, 2.45) is 5.92 Å². The van der Waals surface area contributed by atoms with Crippen molar-refractivity contribution >= 4 is 6.08 Å². The van der Waals surface area contributed by atoms with Gasteiger partial charge in [-0.3, -0.25) is 10.1 Å². The quantitative estimate of drug-likeness (QED) is 0.276. The van der Waals surface area contributed by atoms with Gasteiger partial charge in [0.25, 0.3) is 0 Å². The highest BCUT2D eigenvalue weighted by atomic mass is 19.2. The molecule has 0 heterocycles. The summed E-state index contributed by atoms with van der Waals surface area (Å²) < 4.78 is 65.5. The van der Waals surface area contributed by atoms with E-state index in [0.29, 0.717) is 6.08 Å². The molecule has 3 nitrogen and oxygen atoms in total. The molecule has 1 aromatic rings. The van der Waals surface area contributed by atoms with Gasteiger partial charge in [-0.1, -0.05) is 13.8 Å². The molecule has 0 aromatic heterocycles. The third-order valence-electron chi connectivity index (χ3n) is 2.41. The number of hydrogen-bond acceptors (Lipinski definition) is 2. The Labute approximate surface area is 110 Å². The van der Waals surface area contributed by atoms with E-state index < -0.39 is 45.3 Å². The average molecular weight is 295 g/mol. The zero-order valence-corrected chi connectivity index (χ0v) is 10.5. The normalized spacial score (nSPS) is 12.1. The maximum Gasteiger partial charge on any atom is 0.247 e. The predicted octanol–water partition coefficient (Wildman–Crippen LogP) is 4.05. The lowest BCUT2D eigenvalue weighted by Crippen LogP contribution is -2.07. The molecular weight excluding hydrogens is 285 g/mol. The highest BCUT2D eigenvalue weighted by molar-refractivity contribution is 5.53. The van der Waals surface area contributed by atoms with Gasteiger partial charge in [0.15, 0.2) is 23.3 Å². The van der Waals surface area contributed by atoms with Crippen LogP contribution in [0.5, 0.6) is 0 Å². The maximum absolute atomic E-state index is 13.4. The van der Waals surface area contributed by atoms with E-state index >= 15 is 0 Å². The molecule has 0 unspecified atom stereocenters. The van der Waals surface area contributed by atoms with Crippen molar-refractivity contribution in [2.75, 3.05) is 0 Å². The van der Waals surface area contributed by atoms with Gasteiger partial charge in [-0.15, -0.1) is 0 Å². The van der Waals surface area contributed by atoms with Crippen molar-refractivity contribution < 1.29 is 26.9 Å². The van der Waals surface area contributed by atoms with E-state index in [2.05, 4.69) is 0 Å². The molecular formula is C12H10F5NO2. The minimum Gasteiger partial charge on any atom is -0.259 e. The lowest BCUT2D eigenvalue weighted by molar-refractivity contribution is -0.427. The number of nitrogens with zero attached hydrogens (tertiary/aromatic N) is 1. The van der Waals surface area contributed by atoms with Crippen LogP contribution in [0.2, 0.25) is 0 Å². The summed E-state index contributed by atoms with van der Waals surface area (Å²) in [6, 6.07) is 0. The second-order valence-electron chi connectivity index (χ2n) is 4.47. The zero-order valence-electron chi connectivity index (χ0n) is 10.5. The Bertz CT molecular complexity index is 555. The third kappa shape index (κ3) is 3.12. The molecule has 0 bridgehead atoms. The van der Waals surface area contributed by atoms with Gasteiger partial charge in [0.2, 0.25) is 11.5 Å². The van der Waals surface area contributed by atoms with Crippen LogP contribution in [0.1, 0.15) is 25.8 Å². The molecule has 0 amide bonds. The van der Waals surface area contributed by atoms with Crippen LogP contribution < -0.4 is 0 Å². The molecule has 20 heavy (non-hydrogen) atoms. The lowest BCUT2D eigenvalue weighted by atomic mass is 10.1. The molecule has 0 fully saturated rings. The first-order chi connectivity index (χ1) is 9.16. The second kappa shape index (κ2) is 5.98. The van der Waals surface area contributed by atoms with Crippen LogP contribution in [0.4, 0.5) is 22.0 Å². The first-order valence-electron chi connectivity index (χ1n) is 5.53. The average Bonchev–Trinajstić information content (AvgIpc) is 2.37. The topological polar surface area (TPSA) is 43.1 Å². The fourth-order valence-corrected chi connectivity index (χ4v) is 1.52. The molecule has 0 aliphatic heterocycles. The number of nitro groups is 1. The zero-order chi connectivity index (χ0) is 15.6. The Morgan fingerprint density at radius 2 is 1.45 bits per heavy atom. The molecule has 0 saturated heterocycles. The standard InChI is InChI=1S/C12H10F5NO2/c1-5(2)3-6(18(19)20)4-7-8(13)10(15)12(17)11(16)9(7)14/h4-5H,3H2,1-2H3. The predicted molar refractivity (Wildman–Crippen MR) is 60.7 cm³/mol. The highest BCUT2D eigenvalue weighted by Gasteiger charge is 2.26. The van der Waals surface area contributed by atoms with E-state index in [1.807, 2.05) is 0 Å². The fourth-order valence-electron chi connectivity index (χ4n) is 1.52. The molecule has 110 valence electrons. The molecule has 0 atom stereocenters. The van der Waals surface area contributed by atoms with Crippen LogP contribution in [0.15, 0.2) is 5.70 Å². The minimum atomic E-state index is -2.30. The highest BCUT2D eigenvalue weighted by Crippen LogP contribution is 2.26. The first-order valence-corrected chi connectivity index (χ1v) is 5.53. The molecule has 8 heteroatoms. The van der Waals surface area contributed by atoms with Gasteiger partial charge < -0.3 is 0 Å². The number of allylic oxidation sites excluding steroid dienone is 1. The van der Waals surface area contributed by atoms with Gasteiger partial charge in [0, 0.05) is 12.5 Å². The molecule has 1 rings (SSSR count). The van der Waals surface area contributed by atoms with Crippen molar-refractivity contribution in [3.05, 3.63) is 50.5 Å². The number of benzene rings is 1. The van der Waals surface area contributed by atoms with Crippen LogP contribution in [-0.4, -0.2) is 4.92 Å². The van der Waals surface area contributed by atoms with Crippen LogP contribution in [0.3, 0.4) is 0 Å². The van der Waals surface area contributed by atoms with Gasteiger partial charge in [0.1, 0.15) is 0 Å². The second-order valence-corrected chi connectivity index (χ2v) is 4.47. The molecule has 0 saturated carbocycles. The van der Waals surface area contributed by atoms with E-state index in [4.69, 9.17) is 0 Å². The van der Waals surface area contributed by atoms with Gasteiger partial charge in [-0.05, 0) is 5.92 Å². The van der Waals surface area contributed by atoms with E-state index in [9.17, 15) is 32.1 Å². The van der Waals surface area contributed by atoms with Gasteiger partial charge in [-0.25, -0.2) is 22.0 Å².